The van der Waals surface area contributed by atoms with Crippen LogP contribution in [0.25, 0.3) is 0 Å². The molecule has 0 unspecified atom stereocenters. The number of nitrogens with zero attached hydrogens (tertiary/aromatic N) is 6. The minimum absolute atomic E-state index is 0.104. The number of benzene rings is 1. The Morgan fingerprint density at radius 1 is 1.30 bits per heavy atom. The van der Waals surface area contributed by atoms with E-state index in [1.807, 2.05) is 52.9 Å². The van der Waals surface area contributed by atoms with E-state index in [0.717, 1.165) is 17.1 Å². The van der Waals surface area contributed by atoms with Gasteiger partial charge in [0, 0.05) is 56.4 Å². The number of rotatable bonds is 6. The van der Waals surface area contributed by atoms with E-state index in [-0.39, 0.29) is 12.5 Å². The molecule has 1 atom stereocenters. The van der Waals surface area contributed by atoms with Gasteiger partial charge in [0.2, 0.25) is 0 Å². The molecule has 1 aliphatic heterocycles. The van der Waals surface area contributed by atoms with Gasteiger partial charge in [0.25, 0.3) is 5.91 Å². The topological polar surface area (TPSA) is 87.4 Å². The molecule has 30 heavy (non-hydrogen) atoms. The van der Waals surface area contributed by atoms with E-state index in [9.17, 15) is 9.90 Å². The number of β-amino-alcohol motifs (C(OH)–C–C–N with tert-alkyl or cyclic N) is 1. The third-order valence-corrected chi connectivity index (χ3v) is 5.42. The third-order valence-electron chi connectivity index (χ3n) is 5.42. The molecular formula is C22H26N6O2. The second kappa shape index (κ2) is 8.23. The van der Waals surface area contributed by atoms with Crippen LogP contribution in [-0.2, 0) is 6.54 Å². The summed E-state index contributed by atoms with van der Waals surface area (Å²) in [6, 6.07) is 9.49. The van der Waals surface area contributed by atoms with E-state index < -0.39 is 5.60 Å². The van der Waals surface area contributed by atoms with Gasteiger partial charge < -0.3 is 19.5 Å². The van der Waals surface area contributed by atoms with Crippen LogP contribution in [-0.4, -0.2) is 67.7 Å². The van der Waals surface area contributed by atoms with Crippen molar-refractivity contribution in [3.63, 3.8) is 0 Å². The minimum atomic E-state index is -0.975. The minimum Gasteiger partial charge on any atom is -0.386 e. The Balaban J connectivity index is 1.41. The zero-order valence-corrected chi connectivity index (χ0v) is 17.3. The average Bonchev–Trinajstić information content (AvgIpc) is 3.37. The number of hydrogen-bond donors (Lipinski definition) is 1. The van der Waals surface area contributed by atoms with Gasteiger partial charge in [0.15, 0.2) is 0 Å². The molecule has 2 aromatic heterocycles. The van der Waals surface area contributed by atoms with Crippen molar-refractivity contribution in [3.05, 3.63) is 72.2 Å². The number of carbonyl (C=O) groups is 1. The third kappa shape index (κ3) is 4.49. The number of aliphatic hydroxyl groups is 1. The smallest absolute Gasteiger partial charge is 0.253 e. The Kier molecular flexibility index (Phi) is 5.50. The highest BCUT2D eigenvalue weighted by Crippen LogP contribution is 2.26. The van der Waals surface area contributed by atoms with Crippen LogP contribution in [0.3, 0.4) is 0 Å². The van der Waals surface area contributed by atoms with Gasteiger partial charge in [-0.1, -0.05) is 12.1 Å². The SMILES string of the molecule is Cc1cc(N2CC[C@@](O)(CN(C)C(=O)c3cccc(Cn4ccnc4)c3)C2)ncn1. The first-order chi connectivity index (χ1) is 14.4. The first-order valence-electron chi connectivity index (χ1n) is 9.98. The summed E-state index contributed by atoms with van der Waals surface area (Å²) >= 11 is 0. The Bertz CT molecular complexity index is 1020. The van der Waals surface area contributed by atoms with Crippen LogP contribution in [0.2, 0.25) is 0 Å². The molecule has 8 nitrogen and oxygen atoms in total. The maximum absolute atomic E-state index is 13.0. The number of hydrogen-bond acceptors (Lipinski definition) is 6. The van der Waals surface area contributed by atoms with Crippen molar-refractivity contribution in [1.29, 1.82) is 0 Å². The van der Waals surface area contributed by atoms with E-state index >= 15 is 0 Å². The highest BCUT2D eigenvalue weighted by atomic mass is 16.3. The molecule has 0 bridgehead atoms. The predicted octanol–water partition coefficient (Wildman–Crippen LogP) is 1.74. The van der Waals surface area contributed by atoms with Crippen LogP contribution in [0.15, 0.2) is 55.4 Å². The Hall–Kier alpha value is -3.26. The molecule has 156 valence electrons. The number of aryl methyl sites for hydroxylation is 1. The highest BCUT2D eigenvalue weighted by Gasteiger charge is 2.38. The lowest BCUT2D eigenvalue weighted by molar-refractivity contribution is 0.0264. The first-order valence-corrected chi connectivity index (χ1v) is 9.98. The van der Waals surface area contributed by atoms with Crippen molar-refractivity contribution >= 4 is 11.7 Å². The van der Waals surface area contributed by atoms with Crippen molar-refractivity contribution < 1.29 is 9.90 Å². The van der Waals surface area contributed by atoms with Gasteiger partial charge in [-0.3, -0.25) is 4.79 Å². The van der Waals surface area contributed by atoms with Crippen LogP contribution in [0.4, 0.5) is 5.82 Å². The summed E-state index contributed by atoms with van der Waals surface area (Å²) in [5, 5.41) is 11.1. The second-order valence-corrected chi connectivity index (χ2v) is 8.01. The van der Waals surface area contributed by atoms with Crippen molar-refractivity contribution in [3.8, 4) is 0 Å². The molecule has 1 aromatic carbocycles. The summed E-state index contributed by atoms with van der Waals surface area (Å²) in [5.74, 6) is 0.701. The number of anilines is 1. The predicted molar refractivity (Wildman–Crippen MR) is 113 cm³/mol. The fourth-order valence-electron chi connectivity index (χ4n) is 3.92. The van der Waals surface area contributed by atoms with Crippen molar-refractivity contribution in [2.24, 2.45) is 0 Å². The summed E-state index contributed by atoms with van der Waals surface area (Å²) in [4.78, 5) is 29.1. The number of amides is 1. The lowest BCUT2D eigenvalue weighted by Crippen LogP contribution is -2.46. The molecule has 8 heteroatoms. The lowest BCUT2D eigenvalue weighted by atomic mass is 10.0. The van der Waals surface area contributed by atoms with Gasteiger partial charge in [0.1, 0.15) is 17.7 Å². The van der Waals surface area contributed by atoms with Gasteiger partial charge in [-0.25, -0.2) is 15.0 Å². The standard InChI is InChI=1S/C22H26N6O2/c1-17-10-20(25-15-24-17)28-8-6-22(30,14-28)13-26(2)21(29)19-5-3-4-18(11-19)12-27-9-7-23-16-27/h3-5,7,9-11,15-16,30H,6,8,12-14H2,1-2H3/t22-/m1/s1. The zero-order chi connectivity index (χ0) is 21.1. The molecule has 0 spiro atoms. The van der Waals surface area contributed by atoms with E-state index in [1.165, 1.54) is 6.33 Å². The maximum Gasteiger partial charge on any atom is 0.253 e. The van der Waals surface area contributed by atoms with E-state index in [4.69, 9.17) is 0 Å². The zero-order valence-electron chi connectivity index (χ0n) is 17.3. The van der Waals surface area contributed by atoms with Crippen LogP contribution in [0, 0.1) is 6.92 Å². The molecule has 0 aliphatic carbocycles. The molecule has 1 N–H and O–H groups in total. The van der Waals surface area contributed by atoms with Crippen LogP contribution in [0.5, 0.6) is 0 Å². The summed E-state index contributed by atoms with van der Waals surface area (Å²) in [6.07, 6.45) is 7.49. The van der Waals surface area contributed by atoms with E-state index in [2.05, 4.69) is 15.0 Å². The Labute approximate surface area is 175 Å². The highest BCUT2D eigenvalue weighted by molar-refractivity contribution is 5.94. The van der Waals surface area contributed by atoms with Crippen LogP contribution in [0.1, 0.15) is 28.0 Å². The molecule has 0 radical (unpaired) electrons. The normalized spacial score (nSPS) is 18.6. The summed E-state index contributed by atoms with van der Waals surface area (Å²) in [5.41, 5.74) is 1.55. The maximum atomic E-state index is 13.0. The van der Waals surface area contributed by atoms with Crippen molar-refractivity contribution in [2.75, 3.05) is 31.6 Å². The van der Waals surface area contributed by atoms with E-state index in [1.54, 1.807) is 24.5 Å². The number of aromatic nitrogens is 4. The quantitative estimate of drug-likeness (QED) is 0.671. The largest absolute Gasteiger partial charge is 0.386 e. The number of likely N-dealkylation sites (N-methyl/N-ethyl adjacent to an activating group) is 1. The molecular weight excluding hydrogens is 380 g/mol. The Morgan fingerprint density at radius 3 is 2.93 bits per heavy atom. The average molecular weight is 406 g/mol. The van der Waals surface area contributed by atoms with Crippen molar-refractivity contribution in [2.45, 2.75) is 25.5 Å². The Morgan fingerprint density at radius 2 is 2.17 bits per heavy atom. The van der Waals surface area contributed by atoms with Gasteiger partial charge in [0.05, 0.1) is 12.9 Å². The molecule has 3 heterocycles. The fraction of sp³-hybridized carbons (Fsp3) is 0.364. The van der Waals surface area contributed by atoms with Crippen molar-refractivity contribution in [1.82, 2.24) is 24.4 Å². The second-order valence-electron chi connectivity index (χ2n) is 8.01. The number of carbonyl (C=O) groups excluding carboxylic acids is 1. The van der Waals surface area contributed by atoms with E-state index in [0.29, 0.717) is 31.6 Å². The molecule has 1 fully saturated rings. The first kappa shape index (κ1) is 20.0. The van der Waals surface area contributed by atoms with Gasteiger partial charge in [-0.2, -0.15) is 0 Å². The molecule has 3 aromatic rings. The molecule has 0 saturated carbocycles. The lowest BCUT2D eigenvalue weighted by Gasteiger charge is -2.29. The van der Waals surface area contributed by atoms with Crippen LogP contribution >= 0.6 is 0 Å². The van der Waals surface area contributed by atoms with Gasteiger partial charge in [-0.15, -0.1) is 0 Å². The molecule has 1 amide bonds. The van der Waals surface area contributed by atoms with Crippen LogP contribution < -0.4 is 4.90 Å². The summed E-state index contributed by atoms with van der Waals surface area (Å²) in [6.45, 7) is 3.96. The van der Waals surface area contributed by atoms with Gasteiger partial charge in [-0.05, 0) is 31.0 Å². The molecule has 1 aliphatic rings. The monoisotopic (exact) mass is 406 g/mol. The molecule has 4 rings (SSSR count). The molecule has 1 saturated heterocycles. The number of imidazole rings is 1. The fourth-order valence-corrected chi connectivity index (χ4v) is 3.92. The summed E-state index contributed by atoms with van der Waals surface area (Å²) in [7, 11) is 1.74. The van der Waals surface area contributed by atoms with Gasteiger partial charge >= 0.3 is 0 Å². The summed E-state index contributed by atoms with van der Waals surface area (Å²) < 4.78 is 1.96.